The van der Waals surface area contributed by atoms with E-state index in [1.165, 1.54) is 18.2 Å². The van der Waals surface area contributed by atoms with Crippen LogP contribution in [0.5, 0.6) is 0 Å². The molecule has 2 N–H and O–H groups in total. The largest absolute Gasteiger partial charge is 0.335 e. The fourth-order valence-electron chi connectivity index (χ4n) is 3.37. The molecule has 3 amide bonds. The molecule has 1 atom stereocenters. The Morgan fingerprint density at radius 1 is 1.18 bits per heavy atom. The highest BCUT2D eigenvalue weighted by molar-refractivity contribution is 8.00. The molecule has 1 aliphatic carbocycles. The molecule has 28 heavy (non-hydrogen) atoms. The Labute approximate surface area is 169 Å². The fourth-order valence-corrected chi connectivity index (χ4v) is 4.18. The molecule has 1 aromatic carbocycles. The van der Waals surface area contributed by atoms with Crippen molar-refractivity contribution in [3.05, 3.63) is 29.8 Å². The zero-order valence-corrected chi connectivity index (χ0v) is 17.4. The second-order valence-electron chi connectivity index (χ2n) is 7.24. The summed E-state index contributed by atoms with van der Waals surface area (Å²) in [6.45, 7) is 3.79. The first-order valence-electron chi connectivity index (χ1n) is 9.69. The van der Waals surface area contributed by atoms with E-state index in [0.717, 1.165) is 42.6 Å². The molecule has 0 unspecified atom stereocenters. The molecule has 8 heteroatoms. The summed E-state index contributed by atoms with van der Waals surface area (Å²) in [6, 6.07) is 7.72. The van der Waals surface area contributed by atoms with Gasteiger partial charge >= 0.3 is 6.03 Å². The van der Waals surface area contributed by atoms with E-state index in [9.17, 15) is 9.59 Å². The number of imide groups is 1. The van der Waals surface area contributed by atoms with E-state index in [4.69, 9.17) is 0 Å². The van der Waals surface area contributed by atoms with Crippen LogP contribution in [-0.4, -0.2) is 38.0 Å². The molecule has 0 saturated heterocycles. The lowest BCUT2D eigenvalue weighted by Crippen LogP contribution is -2.47. The van der Waals surface area contributed by atoms with Gasteiger partial charge in [-0.15, -0.1) is 10.2 Å². The van der Waals surface area contributed by atoms with Crippen LogP contribution in [0.25, 0.3) is 11.4 Å². The third-order valence-corrected chi connectivity index (χ3v) is 6.18. The second kappa shape index (κ2) is 9.23. The van der Waals surface area contributed by atoms with Crippen molar-refractivity contribution in [1.82, 2.24) is 25.4 Å². The Bertz CT molecular complexity index is 845. The van der Waals surface area contributed by atoms with Crippen LogP contribution in [-0.2, 0) is 11.8 Å². The van der Waals surface area contributed by atoms with Crippen LogP contribution in [0.3, 0.4) is 0 Å². The number of nitrogens with zero attached hydrogens (tertiary/aromatic N) is 3. The molecule has 0 bridgehead atoms. The molecule has 1 fully saturated rings. The lowest BCUT2D eigenvalue weighted by Gasteiger charge is -2.23. The maximum atomic E-state index is 12.4. The van der Waals surface area contributed by atoms with E-state index >= 15 is 0 Å². The summed E-state index contributed by atoms with van der Waals surface area (Å²) >= 11 is 1.29. The molecule has 1 heterocycles. The first-order valence-corrected chi connectivity index (χ1v) is 10.6. The third kappa shape index (κ3) is 4.92. The van der Waals surface area contributed by atoms with Crippen LogP contribution in [0.2, 0.25) is 0 Å². The van der Waals surface area contributed by atoms with E-state index in [0.29, 0.717) is 5.16 Å². The summed E-state index contributed by atoms with van der Waals surface area (Å²) in [5, 5.41) is 14.0. The first-order chi connectivity index (χ1) is 13.5. The number of carbonyl (C=O) groups excluding carboxylic acids is 2. The van der Waals surface area contributed by atoms with Crippen molar-refractivity contribution in [2.75, 3.05) is 0 Å². The molecule has 0 spiro atoms. The van der Waals surface area contributed by atoms with Gasteiger partial charge in [-0.1, -0.05) is 55.3 Å². The zero-order valence-electron chi connectivity index (χ0n) is 16.6. The normalized spacial score (nSPS) is 15.8. The smallest absolute Gasteiger partial charge is 0.321 e. The van der Waals surface area contributed by atoms with Crippen LogP contribution >= 0.6 is 11.8 Å². The molecule has 2 aromatic rings. The highest BCUT2D eigenvalue weighted by Gasteiger charge is 2.23. The van der Waals surface area contributed by atoms with E-state index in [1.54, 1.807) is 6.92 Å². The molecule has 1 aromatic heterocycles. The Morgan fingerprint density at radius 3 is 2.61 bits per heavy atom. The minimum atomic E-state index is -0.468. The number of rotatable bonds is 5. The van der Waals surface area contributed by atoms with Crippen LogP contribution in [0, 0.1) is 6.92 Å². The van der Waals surface area contributed by atoms with Crippen molar-refractivity contribution >= 4 is 23.7 Å². The Balaban J connectivity index is 1.58. The molecular weight excluding hydrogens is 374 g/mol. The molecule has 1 aliphatic rings. The number of carbonyl (C=O) groups is 2. The van der Waals surface area contributed by atoms with E-state index < -0.39 is 11.3 Å². The molecule has 7 nitrogen and oxygen atoms in total. The second-order valence-corrected chi connectivity index (χ2v) is 8.55. The molecule has 3 rings (SSSR count). The van der Waals surface area contributed by atoms with Gasteiger partial charge in [0.25, 0.3) is 0 Å². The summed E-state index contributed by atoms with van der Waals surface area (Å²) in [6.07, 6.45) is 5.43. The SMILES string of the molecule is Cc1ccccc1-c1nnc(S[C@H](C)C(=O)NC(=O)NC2CCCCC2)n1C. The average molecular weight is 402 g/mol. The predicted octanol–water partition coefficient (Wildman–Crippen LogP) is 3.43. The number of benzene rings is 1. The number of nitrogens with one attached hydrogen (secondary N) is 2. The van der Waals surface area contributed by atoms with Crippen LogP contribution in [0.1, 0.15) is 44.6 Å². The minimum Gasteiger partial charge on any atom is -0.335 e. The molecule has 0 aliphatic heterocycles. The molecular formula is C20H27N5O2S. The monoisotopic (exact) mass is 401 g/mol. The summed E-state index contributed by atoms with van der Waals surface area (Å²) in [7, 11) is 1.88. The molecule has 150 valence electrons. The highest BCUT2D eigenvalue weighted by atomic mass is 32.2. The van der Waals surface area contributed by atoms with Crippen LogP contribution in [0.15, 0.2) is 29.4 Å². The number of hydrogen-bond acceptors (Lipinski definition) is 5. The summed E-state index contributed by atoms with van der Waals surface area (Å²) in [5.41, 5.74) is 2.12. The van der Waals surface area contributed by atoms with Gasteiger partial charge in [0.05, 0.1) is 5.25 Å². The van der Waals surface area contributed by atoms with E-state index in [2.05, 4.69) is 20.8 Å². The van der Waals surface area contributed by atoms with Gasteiger partial charge in [0, 0.05) is 18.7 Å². The Hall–Kier alpha value is -2.35. The van der Waals surface area contributed by atoms with Gasteiger partial charge in [0.15, 0.2) is 11.0 Å². The van der Waals surface area contributed by atoms with Crippen molar-refractivity contribution in [2.24, 2.45) is 7.05 Å². The summed E-state index contributed by atoms with van der Waals surface area (Å²) in [5.74, 6) is 0.419. The molecule has 0 radical (unpaired) electrons. The van der Waals surface area contributed by atoms with Gasteiger partial charge in [0.1, 0.15) is 0 Å². The maximum Gasteiger partial charge on any atom is 0.321 e. The number of amides is 3. The molecule has 1 saturated carbocycles. The summed E-state index contributed by atoms with van der Waals surface area (Å²) in [4.78, 5) is 24.5. The highest BCUT2D eigenvalue weighted by Crippen LogP contribution is 2.27. The van der Waals surface area contributed by atoms with Gasteiger partial charge in [-0.2, -0.15) is 0 Å². The van der Waals surface area contributed by atoms with Crippen molar-refractivity contribution in [3.63, 3.8) is 0 Å². The Morgan fingerprint density at radius 2 is 1.89 bits per heavy atom. The number of hydrogen-bond donors (Lipinski definition) is 2. The number of aromatic nitrogens is 3. The van der Waals surface area contributed by atoms with Gasteiger partial charge in [-0.25, -0.2) is 4.79 Å². The third-order valence-electron chi connectivity index (χ3n) is 5.05. The maximum absolute atomic E-state index is 12.4. The average Bonchev–Trinajstić information content (AvgIpc) is 3.03. The number of urea groups is 1. The lowest BCUT2D eigenvalue weighted by atomic mass is 9.96. The lowest BCUT2D eigenvalue weighted by molar-refractivity contribution is -0.119. The van der Waals surface area contributed by atoms with Gasteiger partial charge in [-0.05, 0) is 32.3 Å². The van der Waals surface area contributed by atoms with E-state index in [1.807, 2.05) is 42.8 Å². The fraction of sp³-hybridized carbons (Fsp3) is 0.500. The van der Waals surface area contributed by atoms with Crippen molar-refractivity contribution in [2.45, 2.75) is 62.4 Å². The van der Waals surface area contributed by atoms with Gasteiger partial charge in [-0.3, -0.25) is 10.1 Å². The van der Waals surface area contributed by atoms with Crippen molar-refractivity contribution in [3.8, 4) is 11.4 Å². The van der Waals surface area contributed by atoms with Gasteiger partial charge < -0.3 is 9.88 Å². The topological polar surface area (TPSA) is 88.9 Å². The van der Waals surface area contributed by atoms with E-state index in [-0.39, 0.29) is 11.9 Å². The number of aryl methyl sites for hydroxylation is 1. The zero-order chi connectivity index (χ0) is 20.1. The van der Waals surface area contributed by atoms with Crippen molar-refractivity contribution < 1.29 is 9.59 Å². The quantitative estimate of drug-likeness (QED) is 0.750. The summed E-state index contributed by atoms with van der Waals surface area (Å²) < 4.78 is 1.87. The Kier molecular flexibility index (Phi) is 6.72. The first kappa shape index (κ1) is 20.4. The predicted molar refractivity (Wildman–Crippen MR) is 110 cm³/mol. The minimum absolute atomic E-state index is 0.167. The van der Waals surface area contributed by atoms with Crippen LogP contribution in [0.4, 0.5) is 4.79 Å². The van der Waals surface area contributed by atoms with Crippen molar-refractivity contribution in [1.29, 1.82) is 0 Å². The van der Waals surface area contributed by atoms with Gasteiger partial charge in [0.2, 0.25) is 5.91 Å². The number of thioether (sulfide) groups is 1. The standard InChI is InChI=1S/C20H27N5O2S/c1-13-9-7-8-12-16(13)17-23-24-20(25(17)3)28-14(2)18(26)22-19(27)21-15-10-5-4-6-11-15/h7-9,12,14-15H,4-6,10-11H2,1-3H3,(H2,21,22,26,27)/t14-/m1/s1. The van der Waals surface area contributed by atoms with Crippen LogP contribution < -0.4 is 10.6 Å².